The van der Waals surface area contributed by atoms with Gasteiger partial charge in [0.15, 0.2) is 0 Å². The van der Waals surface area contributed by atoms with Crippen LogP contribution in [0.25, 0.3) is 0 Å². The van der Waals surface area contributed by atoms with Gasteiger partial charge < -0.3 is 9.47 Å². The van der Waals surface area contributed by atoms with Crippen molar-refractivity contribution >= 4 is 0 Å². The summed E-state index contributed by atoms with van der Waals surface area (Å²) in [6.45, 7) is 4.54. The molecule has 5 atom stereocenters. The Balaban J connectivity index is 1.93. The maximum Gasteiger partial charge on any atom is 0.226 e. The first-order valence-corrected chi connectivity index (χ1v) is 5.25. The molecule has 0 N–H and O–H groups in total. The van der Waals surface area contributed by atoms with Crippen molar-refractivity contribution in [3.05, 3.63) is 11.8 Å². The molecule has 2 aliphatic heterocycles. The quantitative estimate of drug-likeness (QED) is 0.533. The Morgan fingerprint density at radius 3 is 3.08 bits per heavy atom. The van der Waals surface area contributed by atoms with E-state index in [1.165, 1.54) is 18.4 Å². The third-order valence-electron chi connectivity index (χ3n) is 3.89. The van der Waals surface area contributed by atoms with Crippen LogP contribution in [-0.4, -0.2) is 12.4 Å². The Kier molecular flexibility index (Phi) is 1.51. The van der Waals surface area contributed by atoms with Crippen LogP contribution in [-0.2, 0) is 9.47 Å². The highest BCUT2D eigenvalue weighted by Crippen LogP contribution is 2.51. The lowest BCUT2D eigenvalue weighted by molar-refractivity contribution is 0.124. The van der Waals surface area contributed by atoms with Crippen molar-refractivity contribution in [3.8, 4) is 0 Å². The van der Waals surface area contributed by atoms with Gasteiger partial charge in [0.25, 0.3) is 0 Å². The van der Waals surface area contributed by atoms with E-state index in [1.54, 1.807) is 0 Å². The fourth-order valence-corrected chi connectivity index (χ4v) is 3.06. The molecule has 2 unspecified atom stereocenters. The maximum absolute atomic E-state index is 5.52. The van der Waals surface area contributed by atoms with Crippen LogP contribution in [0.2, 0.25) is 0 Å². The normalized spacial score (nSPS) is 52.8. The summed E-state index contributed by atoms with van der Waals surface area (Å²) in [6.07, 6.45) is 5.09. The Bertz CT molecular complexity index is 259. The SMILES string of the molecule is CC1=COC2OC2[C@H]2[C@@H](C)CC[C@@H]12. The summed E-state index contributed by atoms with van der Waals surface area (Å²) >= 11 is 0. The molecule has 1 aliphatic carbocycles. The van der Waals surface area contributed by atoms with E-state index in [-0.39, 0.29) is 6.29 Å². The summed E-state index contributed by atoms with van der Waals surface area (Å²) in [5, 5.41) is 0. The molecule has 2 fully saturated rings. The zero-order valence-corrected chi connectivity index (χ0v) is 8.19. The highest BCUT2D eigenvalue weighted by molar-refractivity contribution is 5.12. The Morgan fingerprint density at radius 1 is 1.38 bits per heavy atom. The van der Waals surface area contributed by atoms with E-state index in [2.05, 4.69) is 13.8 Å². The van der Waals surface area contributed by atoms with Crippen molar-refractivity contribution in [2.45, 2.75) is 39.1 Å². The average molecular weight is 180 g/mol. The van der Waals surface area contributed by atoms with Gasteiger partial charge in [0.05, 0.1) is 6.26 Å². The second kappa shape index (κ2) is 2.50. The van der Waals surface area contributed by atoms with E-state index in [1.807, 2.05) is 6.26 Å². The molecule has 0 aromatic carbocycles. The summed E-state index contributed by atoms with van der Waals surface area (Å²) in [5.74, 6) is 2.27. The van der Waals surface area contributed by atoms with Gasteiger partial charge in [-0.05, 0) is 37.2 Å². The molecule has 0 aromatic heterocycles. The third kappa shape index (κ3) is 1.05. The molecule has 0 spiro atoms. The molecular formula is C11H16O2. The molecule has 72 valence electrons. The van der Waals surface area contributed by atoms with Gasteiger partial charge in [-0.25, -0.2) is 0 Å². The number of fused-ring (bicyclic) bond motifs is 3. The topological polar surface area (TPSA) is 21.8 Å². The van der Waals surface area contributed by atoms with Crippen LogP contribution in [0, 0.1) is 17.8 Å². The van der Waals surface area contributed by atoms with Gasteiger partial charge in [0.2, 0.25) is 6.29 Å². The van der Waals surface area contributed by atoms with Crippen LogP contribution in [0.1, 0.15) is 26.7 Å². The Morgan fingerprint density at radius 2 is 2.23 bits per heavy atom. The van der Waals surface area contributed by atoms with E-state index in [9.17, 15) is 0 Å². The van der Waals surface area contributed by atoms with E-state index >= 15 is 0 Å². The maximum atomic E-state index is 5.52. The second-order valence-electron chi connectivity index (χ2n) is 4.71. The van der Waals surface area contributed by atoms with Gasteiger partial charge in [-0.15, -0.1) is 0 Å². The largest absolute Gasteiger partial charge is 0.470 e. The van der Waals surface area contributed by atoms with Gasteiger partial charge in [0.1, 0.15) is 6.10 Å². The van der Waals surface area contributed by atoms with Crippen molar-refractivity contribution in [1.29, 1.82) is 0 Å². The summed E-state index contributed by atoms with van der Waals surface area (Å²) in [5.41, 5.74) is 1.42. The first kappa shape index (κ1) is 7.86. The zero-order chi connectivity index (χ0) is 9.00. The van der Waals surface area contributed by atoms with Crippen molar-refractivity contribution < 1.29 is 9.47 Å². The van der Waals surface area contributed by atoms with E-state index in [0.29, 0.717) is 6.10 Å². The fourth-order valence-electron chi connectivity index (χ4n) is 3.06. The lowest BCUT2D eigenvalue weighted by Gasteiger charge is -2.19. The number of ether oxygens (including phenoxy) is 2. The summed E-state index contributed by atoms with van der Waals surface area (Å²) in [4.78, 5) is 0. The molecule has 0 amide bonds. The van der Waals surface area contributed by atoms with Crippen molar-refractivity contribution in [2.24, 2.45) is 17.8 Å². The minimum atomic E-state index is 0.0884. The molecule has 0 aromatic rings. The van der Waals surface area contributed by atoms with Crippen LogP contribution in [0.5, 0.6) is 0 Å². The standard InChI is InChI=1S/C11H16O2/c1-6-3-4-8-7(2)5-12-11-10(13-11)9(6)8/h5-6,8-11H,3-4H2,1-2H3/t6-,8-,9-,10?,11?/m0/s1. The first-order valence-electron chi connectivity index (χ1n) is 5.25. The van der Waals surface area contributed by atoms with Gasteiger partial charge in [-0.2, -0.15) is 0 Å². The molecule has 3 rings (SSSR count). The molecule has 2 nitrogen and oxygen atoms in total. The van der Waals surface area contributed by atoms with Crippen molar-refractivity contribution in [1.82, 2.24) is 0 Å². The van der Waals surface area contributed by atoms with Crippen LogP contribution in [0.3, 0.4) is 0 Å². The predicted molar refractivity (Wildman–Crippen MR) is 48.9 cm³/mol. The monoisotopic (exact) mass is 180 g/mol. The summed E-state index contributed by atoms with van der Waals surface area (Å²) in [6, 6.07) is 0. The third-order valence-corrected chi connectivity index (χ3v) is 3.89. The Hall–Kier alpha value is -0.500. The molecule has 0 bridgehead atoms. The van der Waals surface area contributed by atoms with Crippen LogP contribution in [0.4, 0.5) is 0 Å². The van der Waals surface area contributed by atoms with E-state index < -0.39 is 0 Å². The number of rotatable bonds is 0. The number of allylic oxidation sites excluding steroid dienone is 1. The van der Waals surface area contributed by atoms with Gasteiger partial charge in [0, 0.05) is 5.92 Å². The number of hydrogen-bond donors (Lipinski definition) is 0. The molecule has 3 aliphatic rings. The molecular weight excluding hydrogens is 164 g/mol. The van der Waals surface area contributed by atoms with Gasteiger partial charge in [-0.1, -0.05) is 6.92 Å². The smallest absolute Gasteiger partial charge is 0.226 e. The van der Waals surface area contributed by atoms with Crippen molar-refractivity contribution in [2.75, 3.05) is 0 Å². The van der Waals surface area contributed by atoms with E-state index in [0.717, 1.165) is 17.8 Å². The van der Waals surface area contributed by atoms with Crippen LogP contribution < -0.4 is 0 Å². The molecule has 1 saturated heterocycles. The average Bonchev–Trinajstić information content (AvgIpc) is 2.78. The van der Waals surface area contributed by atoms with Crippen molar-refractivity contribution in [3.63, 3.8) is 0 Å². The van der Waals surface area contributed by atoms with Gasteiger partial charge in [-0.3, -0.25) is 0 Å². The molecule has 2 heterocycles. The van der Waals surface area contributed by atoms with E-state index in [4.69, 9.17) is 9.47 Å². The molecule has 2 heteroatoms. The lowest BCUT2D eigenvalue weighted by Crippen LogP contribution is -2.20. The van der Waals surface area contributed by atoms with Gasteiger partial charge >= 0.3 is 0 Å². The molecule has 0 radical (unpaired) electrons. The predicted octanol–water partition coefficient (Wildman–Crippen LogP) is 2.31. The zero-order valence-electron chi connectivity index (χ0n) is 8.19. The minimum absolute atomic E-state index is 0.0884. The molecule has 13 heavy (non-hydrogen) atoms. The highest BCUT2D eigenvalue weighted by atomic mass is 16.8. The fraction of sp³-hybridized carbons (Fsp3) is 0.818. The second-order valence-corrected chi connectivity index (χ2v) is 4.71. The molecule has 1 saturated carbocycles. The summed E-state index contributed by atoms with van der Waals surface area (Å²) in [7, 11) is 0. The summed E-state index contributed by atoms with van der Waals surface area (Å²) < 4.78 is 11.0. The van der Waals surface area contributed by atoms with Crippen LogP contribution >= 0.6 is 0 Å². The number of epoxide rings is 1. The highest BCUT2D eigenvalue weighted by Gasteiger charge is 2.54. The first-order chi connectivity index (χ1) is 6.27. The number of hydrogen-bond acceptors (Lipinski definition) is 2. The minimum Gasteiger partial charge on any atom is -0.470 e. The van der Waals surface area contributed by atoms with Crippen LogP contribution in [0.15, 0.2) is 11.8 Å². The Labute approximate surface area is 78.9 Å². The lowest BCUT2D eigenvalue weighted by atomic mass is 9.84.